The van der Waals surface area contributed by atoms with E-state index in [-0.39, 0.29) is 0 Å². The van der Waals surface area contributed by atoms with Crippen LogP contribution in [0, 0.1) is 0 Å². The van der Waals surface area contributed by atoms with Crippen molar-refractivity contribution in [1.29, 1.82) is 0 Å². The van der Waals surface area contributed by atoms with Crippen molar-refractivity contribution in [2.75, 3.05) is 6.61 Å². The Morgan fingerprint density at radius 3 is 2.60 bits per heavy atom. The van der Waals surface area contributed by atoms with Gasteiger partial charge in [0, 0.05) is 0 Å². The van der Waals surface area contributed by atoms with Gasteiger partial charge in [-0.1, -0.05) is 0 Å². The fraction of sp³-hybridized carbons (Fsp3) is 1.00. The Morgan fingerprint density at radius 2 is 2.07 bits per heavy atom. The van der Waals surface area contributed by atoms with E-state index in [9.17, 15) is 9.50 Å². The van der Waals surface area contributed by atoms with Gasteiger partial charge in [-0.15, -0.1) is 0 Å². The Morgan fingerprint density at radius 1 is 1.40 bits per heavy atom. The molecule has 0 aliphatic carbocycles. The molecule has 0 aromatic rings. The second kappa shape index (κ2) is 3.64. The monoisotopic (exact) mass is 222 g/mol. The second-order valence-corrected chi connectivity index (χ2v) is 4.26. The van der Waals surface area contributed by atoms with Crippen LogP contribution in [0.1, 0.15) is 13.8 Å². The van der Waals surface area contributed by atoms with Gasteiger partial charge in [-0.3, -0.25) is 0 Å². The van der Waals surface area contributed by atoms with E-state index in [1.165, 1.54) is 0 Å². The van der Waals surface area contributed by atoms with Crippen LogP contribution in [0.25, 0.3) is 0 Å². The molecule has 2 aliphatic heterocycles. The van der Waals surface area contributed by atoms with Gasteiger partial charge in [-0.25, -0.2) is 4.39 Å². The lowest BCUT2D eigenvalue weighted by Crippen LogP contribution is -2.40. The zero-order valence-corrected chi connectivity index (χ0v) is 8.59. The van der Waals surface area contributed by atoms with Gasteiger partial charge in [-0.2, -0.15) is 0 Å². The highest BCUT2D eigenvalue weighted by atomic mass is 19.1. The molecule has 2 N–H and O–H groups in total. The Hall–Kier alpha value is -0.270. The lowest BCUT2D eigenvalue weighted by molar-refractivity contribution is -0.222. The molecule has 0 bridgehead atoms. The smallest absolute Gasteiger partial charge is 0.190 e. The van der Waals surface area contributed by atoms with E-state index in [4.69, 9.17) is 19.3 Å². The molecule has 0 aromatic carbocycles. The summed E-state index contributed by atoms with van der Waals surface area (Å²) in [6.45, 7) is 2.78. The van der Waals surface area contributed by atoms with Gasteiger partial charge in [0.05, 0.1) is 6.61 Å². The summed E-state index contributed by atoms with van der Waals surface area (Å²) in [5, 5.41) is 18.0. The SMILES string of the molecule is CC1(C)OC2C(F)[C@@H](C(O)CO)O[C@@H]2O1. The first-order valence-corrected chi connectivity index (χ1v) is 4.89. The highest BCUT2D eigenvalue weighted by Gasteiger charge is 2.56. The fourth-order valence-corrected chi connectivity index (χ4v) is 1.90. The predicted molar refractivity (Wildman–Crippen MR) is 46.7 cm³/mol. The number of hydrogen-bond acceptors (Lipinski definition) is 5. The average Bonchev–Trinajstić information content (AvgIpc) is 2.60. The largest absolute Gasteiger partial charge is 0.394 e. The number of halogens is 1. The van der Waals surface area contributed by atoms with Crippen LogP contribution in [-0.4, -0.2) is 53.4 Å². The van der Waals surface area contributed by atoms with E-state index in [0.717, 1.165) is 0 Å². The average molecular weight is 222 g/mol. The first-order chi connectivity index (χ1) is 6.94. The van der Waals surface area contributed by atoms with Crippen molar-refractivity contribution in [2.24, 2.45) is 0 Å². The van der Waals surface area contributed by atoms with Crippen molar-refractivity contribution >= 4 is 0 Å². The minimum absolute atomic E-state index is 0.548. The molecule has 5 nitrogen and oxygen atoms in total. The molecule has 0 aromatic heterocycles. The van der Waals surface area contributed by atoms with Crippen molar-refractivity contribution < 1.29 is 28.8 Å². The zero-order valence-electron chi connectivity index (χ0n) is 8.59. The molecule has 0 radical (unpaired) electrons. The first kappa shape index (κ1) is 11.2. The molecule has 2 fully saturated rings. The molecular weight excluding hydrogens is 207 g/mol. The van der Waals surface area contributed by atoms with Crippen molar-refractivity contribution in [1.82, 2.24) is 0 Å². The quantitative estimate of drug-likeness (QED) is 0.662. The third-order valence-corrected chi connectivity index (χ3v) is 2.57. The molecule has 2 rings (SSSR count). The summed E-state index contributed by atoms with van der Waals surface area (Å²) in [6, 6.07) is 0. The minimum Gasteiger partial charge on any atom is -0.394 e. The van der Waals surface area contributed by atoms with Crippen LogP contribution < -0.4 is 0 Å². The molecule has 6 heteroatoms. The van der Waals surface area contributed by atoms with Crippen LogP contribution in [0.15, 0.2) is 0 Å². The van der Waals surface area contributed by atoms with Gasteiger partial charge in [0.2, 0.25) is 0 Å². The van der Waals surface area contributed by atoms with Crippen LogP contribution in [-0.2, 0) is 14.2 Å². The maximum atomic E-state index is 13.7. The number of alkyl halides is 1. The first-order valence-electron chi connectivity index (χ1n) is 4.89. The zero-order chi connectivity index (χ0) is 11.2. The maximum Gasteiger partial charge on any atom is 0.190 e. The highest BCUT2D eigenvalue weighted by molar-refractivity contribution is 4.95. The normalized spacial score (nSPS) is 45.4. The summed E-state index contributed by atoms with van der Waals surface area (Å²) in [5.74, 6) is -0.866. The molecule has 0 saturated carbocycles. The van der Waals surface area contributed by atoms with Crippen LogP contribution in [0.3, 0.4) is 0 Å². The van der Waals surface area contributed by atoms with Gasteiger partial charge in [0.1, 0.15) is 18.3 Å². The minimum atomic E-state index is -1.49. The van der Waals surface area contributed by atoms with Gasteiger partial charge in [0.15, 0.2) is 18.2 Å². The van der Waals surface area contributed by atoms with Gasteiger partial charge >= 0.3 is 0 Å². The van der Waals surface area contributed by atoms with Crippen molar-refractivity contribution in [3.05, 3.63) is 0 Å². The third kappa shape index (κ3) is 1.88. The summed E-state index contributed by atoms with van der Waals surface area (Å²) >= 11 is 0. The van der Waals surface area contributed by atoms with Crippen LogP contribution in [0.2, 0.25) is 0 Å². The van der Waals surface area contributed by atoms with E-state index < -0.39 is 43.2 Å². The summed E-state index contributed by atoms with van der Waals surface area (Å²) in [6.07, 6.45) is -5.45. The number of ether oxygens (including phenoxy) is 3. The third-order valence-electron chi connectivity index (χ3n) is 2.57. The highest BCUT2D eigenvalue weighted by Crippen LogP contribution is 2.39. The number of rotatable bonds is 2. The van der Waals surface area contributed by atoms with Crippen LogP contribution in [0.4, 0.5) is 4.39 Å². The maximum absolute atomic E-state index is 13.7. The van der Waals surface area contributed by atoms with Crippen LogP contribution in [0.5, 0.6) is 0 Å². The molecule has 88 valence electrons. The predicted octanol–water partition coefficient (Wildman–Crippen LogP) is -0.446. The number of aliphatic hydroxyl groups is 2. The molecule has 0 spiro atoms. The molecule has 5 atom stereocenters. The topological polar surface area (TPSA) is 68.2 Å². The van der Waals surface area contributed by atoms with E-state index >= 15 is 0 Å². The molecule has 2 heterocycles. The number of hydrogen-bond donors (Lipinski definition) is 2. The van der Waals surface area contributed by atoms with Gasteiger partial charge in [0.25, 0.3) is 0 Å². The van der Waals surface area contributed by atoms with Gasteiger partial charge < -0.3 is 24.4 Å². The van der Waals surface area contributed by atoms with Crippen molar-refractivity contribution in [3.63, 3.8) is 0 Å². The van der Waals surface area contributed by atoms with E-state index in [1.807, 2.05) is 0 Å². The standard InChI is InChI=1S/C9H15FO5/c1-9(2)14-7-5(10)6(4(12)3-11)13-8(7)15-9/h4-8,11-12H,3H2,1-2H3/t4?,5?,6-,7?,8-/m1/s1. The summed E-state index contributed by atoms with van der Waals surface area (Å²) in [5.41, 5.74) is 0. The van der Waals surface area contributed by atoms with Crippen molar-refractivity contribution in [3.8, 4) is 0 Å². The summed E-state index contributed by atoms with van der Waals surface area (Å²) < 4.78 is 29.5. The molecular formula is C9H15FO5. The Labute approximate surface area is 86.7 Å². The number of fused-ring (bicyclic) bond motifs is 1. The van der Waals surface area contributed by atoms with E-state index in [1.54, 1.807) is 13.8 Å². The molecule has 15 heavy (non-hydrogen) atoms. The molecule has 2 saturated heterocycles. The Balaban J connectivity index is 2.05. The number of aliphatic hydroxyl groups excluding tert-OH is 2. The van der Waals surface area contributed by atoms with Crippen LogP contribution >= 0.6 is 0 Å². The lowest BCUT2D eigenvalue weighted by Gasteiger charge is -2.23. The summed E-state index contributed by atoms with van der Waals surface area (Å²) in [7, 11) is 0. The summed E-state index contributed by atoms with van der Waals surface area (Å²) in [4.78, 5) is 0. The van der Waals surface area contributed by atoms with E-state index in [0.29, 0.717) is 0 Å². The molecule has 3 unspecified atom stereocenters. The fourth-order valence-electron chi connectivity index (χ4n) is 1.90. The Kier molecular flexibility index (Phi) is 2.72. The van der Waals surface area contributed by atoms with E-state index in [2.05, 4.69) is 0 Å². The van der Waals surface area contributed by atoms with Crippen molar-refractivity contribution in [2.45, 2.75) is 50.4 Å². The molecule has 2 aliphatic rings. The molecule has 0 amide bonds. The Bertz CT molecular complexity index is 247. The second-order valence-electron chi connectivity index (χ2n) is 4.26. The lowest BCUT2D eigenvalue weighted by atomic mass is 10.1. The van der Waals surface area contributed by atoms with Gasteiger partial charge in [-0.05, 0) is 13.8 Å².